The minimum atomic E-state index is -5.14. The second-order valence-electron chi connectivity index (χ2n) is 5.71. The van der Waals surface area contributed by atoms with E-state index < -0.39 is 61.0 Å². The molecule has 2 heterocycles. The smallest absolute Gasteiger partial charge is 0.394 e. The zero-order chi connectivity index (χ0) is 19.8. The van der Waals surface area contributed by atoms with Crippen molar-refractivity contribution in [1.82, 2.24) is 14.5 Å². The van der Waals surface area contributed by atoms with Crippen molar-refractivity contribution < 1.29 is 38.0 Å². The first-order valence-corrected chi connectivity index (χ1v) is 7.26. The number of hydrogen-bond acceptors (Lipinski definition) is 7. The summed E-state index contributed by atoms with van der Waals surface area (Å²) in [6, 6.07) is 0. The fourth-order valence-corrected chi connectivity index (χ4v) is 2.48. The fraction of sp³-hybridized carbons (Fsp3) is 0.615. The molecule has 1 aromatic rings. The summed E-state index contributed by atoms with van der Waals surface area (Å²) in [5.41, 5.74) is -2.47. The van der Waals surface area contributed by atoms with Crippen molar-refractivity contribution in [3.8, 4) is 0 Å². The maximum Gasteiger partial charge on any atom is 0.471 e. The molecule has 0 bridgehead atoms. The summed E-state index contributed by atoms with van der Waals surface area (Å²) in [5.74, 6) is -2.19. The van der Waals surface area contributed by atoms with E-state index in [2.05, 4.69) is 0 Å². The lowest BCUT2D eigenvalue weighted by molar-refractivity contribution is -0.184. The lowest BCUT2D eigenvalue weighted by Gasteiger charge is -2.21. The number of hydrogen-bond donors (Lipinski definition) is 4. The number of alkyl halides is 3. The predicted molar refractivity (Wildman–Crippen MR) is 76.9 cm³/mol. The molecule has 1 saturated heterocycles. The summed E-state index contributed by atoms with van der Waals surface area (Å²) in [4.78, 5) is 36.9. The van der Waals surface area contributed by atoms with Gasteiger partial charge in [0.25, 0.3) is 5.56 Å². The topological polar surface area (TPSA) is 145 Å². The van der Waals surface area contributed by atoms with Gasteiger partial charge >= 0.3 is 17.8 Å². The number of halogens is 3. The van der Waals surface area contributed by atoms with Crippen LogP contribution in [-0.4, -0.2) is 73.8 Å². The number of carbonyl (C=O) groups excluding carboxylic acids is 1. The summed E-state index contributed by atoms with van der Waals surface area (Å²) in [7, 11) is 0.817. The van der Waals surface area contributed by atoms with Gasteiger partial charge in [-0.15, -0.1) is 0 Å². The van der Waals surface area contributed by atoms with Gasteiger partial charge in [0.15, 0.2) is 6.23 Å². The zero-order valence-electron chi connectivity index (χ0n) is 13.3. The molecule has 1 aliphatic rings. The van der Waals surface area contributed by atoms with Gasteiger partial charge in [0.2, 0.25) is 0 Å². The summed E-state index contributed by atoms with van der Waals surface area (Å²) in [6.45, 7) is -1.44. The molecule has 1 aliphatic heterocycles. The van der Waals surface area contributed by atoms with Gasteiger partial charge in [-0.3, -0.25) is 19.1 Å². The molecule has 0 saturated carbocycles. The van der Waals surface area contributed by atoms with E-state index in [1.54, 1.807) is 0 Å². The largest absolute Gasteiger partial charge is 0.471 e. The Hall–Kier alpha value is -2.22. The van der Waals surface area contributed by atoms with E-state index in [0.717, 1.165) is 13.2 Å². The number of ether oxygens (including phenoxy) is 1. The number of aromatic nitrogens is 2. The second kappa shape index (κ2) is 7.19. The van der Waals surface area contributed by atoms with E-state index in [0.29, 0.717) is 4.57 Å². The summed E-state index contributed by atoms with van der Waals surface area (Å²) >= 11 is 0. The molecule has 2 rings (SSSR count). The van der Waals surface area contributed by atoms with Crippen LogP contribution in [0, 0.1) is 0 Å². The van der Waals surface area contributed by atoms with E-state index in [1.165, 1.54) is 0 Å². The molecule has 0 radical (unpaired) electrons. The molecule has 26 heavy (non-hydrogen) atoms. The van der Waals surface area contributed by atoms with Gasteiger partial charge in [-0.1, -0.05) is 0 Å². The molecule has 4 atom stereocenters. The Labute approximate surface area is 143 Å². The minimum Gasteiger partial charge on any atom is -0.394 e. The Morgan fingerprint density at radius 1 is 1.35 bits per heavy atom. The van der Waals surface area contributed by atoms with Gasteiger partial charge in [-0.2, -0.15) is 13.2 Å². The molecule has 1 unspecified atom stereocenters. The van der Waals surface area contributed by atoms with Crippen molar-refractivity contribution in [2.75, 3.05) is 13.7 Å². The molecule has 4 N–H and O–H groups in total. The molecule has 1 fully saturated rings. The quantitative estimate of drug-likeness (QED) is 0.456. The number of aromatic amines is 1. The Morgan fingerprint density at radius 2 is 1.96 bits per heavy atom. The zero-order valence-corrected chi connectivity index (χ0v) is 13.3. The average molecular weight is 383 g/mol. The molecule has 1 amide bonds. The summed E-state index contributed by atoms with van der Waals surface area (Å²) in [5, 5.41) is 28.7. The number of amides is 1. The standard InChI is InChI=1S/C13H16F3N3O7/c1-18(11(24)13(14,15)16)2-5-3-19(12(25)17-9(5)23)10-8(22)7(21)6(4-20)26-10/h3,6-8,10,20-22H,2,4H2,1H3,(H,17,23,25)/t6-,7?,8+,10-/m1/s1. The lowest BCUT2D eigenvalue weighted by atomic mass is 10.1. The maximum atomic E-state index is 12.4. The van der Waals surface area contributed by atoms with Crippen molar-refractivity contribution >= 4 is 5.91 Å². The van der Waals surface area contributed by atoms with Crippen LogP contribution in [0.2, 0.25) is 0 Å². The number of aliphatic hydroxyl groups is 3. The summed E-state index contributed by atoms with van der Waals surface area (Å²) in [6.07, 6.45) is -10.2. The molecule has 0 spiro atoms. The van der Waals surface area contributed by atoms with Gasteiger partial charge in [-0.25, -0.2) is 4.79 Å². The minimum absolute atomic E-state index is 0.233. The third-order valence-corrected chi connectivity index (χ3v) is 3.83. The van der Waals surface area contributed by atoms with E-state index >= 15 is 0 Å². The first-order valence-electron chi connectivity index (χ1n) is 7.26. The van der Waals surface area contributed by atoms with Gasteiger partial charge in [-0.05, 0) is 0 Å². The SMILES string of the molecule is CN(Cc1cn([C@@H]2O[C@H](CO)C(O)[C@@H]2O)c(=O)[nH]c1=O)C(=O)C(F)(F)F. The molecule has 0 aliphatic carbocycles. The van der Waals surface area contributed by atoms with Gasteiger partial charge in [0.05, 0.1) is 18.7 Å². The van der Waals surface area contributed by atoms with Crippen LogP contribution in [0.5, 0.6) is 0 Å². The molecular weight excluding hydrogens is 367 g/mol. The van der Waals surface area contributed by atoms with Crippen LogP contribution in [0.15, 0.2) is 15.8 Å². The first-order chi connectivity index (χ1) is 12.0. The average Bonchev–Trinajstić information content (AvgIpc) is 2.83. The van der Waals surface area contributed by atoms with Crippen LogP contribution >= 0.6 is 0 Å². The monoisotopic (exact) mass is 383 g/mol. The van der Waals surface area contributed by atoms with Crippen molar-refractivity contribution in [1.29, 1.82) is 0 Å². The van der Waals surface area contributed by atoms with Crippen molar-refractivity contribution in [3.05, 3.63) is 32.6 Å². The molecule has 13 heteroatoms. The third kappa shape index (κ3) is 3.80. The predicted octanol–water partition coefficient (Wildman–Crippen LogP) is -2.33. The highest BCUT2D eigenvalue weighted by Gasteiger charge is 2.44. The van der Waals surface area contributed by atoms with E-state index in [9.17, 15) is 37.8 Å². The number of aliphatic hydroxyl groups excluding tert-OH is 3. The van der Waals surface area contributed by atoms with Crippen LogP contribution in [0.4, 0.5) is 13.2 Å². The number of nitrogens with zero attached hydrogens (tertiary/aromatic N) is 2. The van der Waals surface area contributed by atoms with Gasteiger partial charge in [0.1, 0.15) is 18.3 Å². The van der Waals surface area contributed by atoms with Crippen LogP contribution < -0.4 is 11.2 Å². The Balaban J connectivity index is 2.34. The highest BCUT2D eigenvalue weighted by molar-refractivity contribution is 5.81. The van der Waals surface area contributed by atoms with E-state index in [-0.39, 0.29) is 10.5 Å². The number of rotatable bonds is 4. The van der Waals surface area contributed by atoms with Crippen LogP contribution in [-0.2, 0) is 16.1 Å². The van der Waals surface area contributed by atoms with Crippen molar-refractivity contribution in [2.45, 2.75) is 37.3 Å². The summed E-state index contributed by atoms with van der Waals surface area (Å²) < 4.78 is 43.1. The van der Waals surface area contributed by atoms with Gasteiger partial charge < -0.3 is 25.0 Å². The van der Waals surface area contributed by atoms with E-state index in [1.807, 2.05) is 4.98 Å². The number of nitrogens with one attached hydrogen (secondary N) is 1. The highest BCUT2D eigenvalue weighted by Crippen LogP contribution is 2.28. The molecule has 1 aromatic heterocycles. The first kappa shape index (κ1) is 20.1. The third-order valence-electron chi connectivity index (χ3n) is 3.83. The van der Waals surface area contributed by atoms with Crippen molar-refractivity contribution in [3.63, 3.8) is 0 Å². The van der Waals surface area contributed by atoms with Crippen molar-refractivity contribution in [2.24, 2.45) is 0 Å². The van der Waals surface area contributed by atoms with Gasteiger partial charge in [0, 0.05) is 13.2 Å². The van der Waals surface area contributed by atoms with E-state index in [4.69, 9.17) is 9.84 Å². The molecular formula is C13H16F3N3O7. The Kier molecular flexibility index (Phi) is 5.55. The maximum absolute atomic E-state index is 12.4. The lowest BCUT2D eigenvalue weighted by Crippen LogP contribution is -2.42. The number of H-pyrrole nitrogens is 1. The van der Waals surface area contributed by atoms with Crippen LogP contribution in [0.3, 0.4) is 0 Å². The van der Waals surface area contributed by atoms with Crippen LogP contribution in [0.25, 0.3) is 0 Å². The fourth-order valence-electron chi connectivity index (χ4n) is 2.48. The normalized spacial score (nSPS) is 26.1. The molecule has 10 nitrogen and oxygen atoms in total. The second-order valence-corrected chi connectivity index (χ2v) is 5.71. The van der Waals surface area contributed by atoms with Crippen LogP contribution in [0.1, 0.15) is 11.8 Å². The number of carbonyl (C=O) groups is 1. The molecule has 146 valence electrons. The molecule has 0 aromatic carbocycles. The Morgan fingerprint density at radius 3 is 2.46 bits per heavy atom. The Bertz CT molecular complexity index is 790. The highest BCUT2D eigenvalue weighted by atomic mass is 19.4.